The van der Waals surface area contributed by atoms with Crippen LogP contribution in [0.3, 0.4) is 0 Å². The van der Waals surface area contributed by atoms with Gasteiger partial charge >= 0.3 is 10.4 Å². The lowest BCUT2D eigenvalue weighted by molar-refractivity contribution is -0.277. The van der Waals surface area contributed by atoms with Crippen molar-refractivity contribution in [3.63, 3.8) is 0 Å². The SMILES string of the molecule is COc1c(OS(=O)(=O)O)cc2oc(-c3ccc(O)c(O)c3)c(OC3OC(CO)C(O)C(O)C3O)c(=O)c2c1O. The number of aliphatic hydroxyl groups is 4. The monoisotopic (exact) mass is 574 g/mol. The third kappa shape index (κ3) is 5.23. The van der Waals surface area contributed by atoms with Crippen LogP contribution < -0.4 is 19.1 Å². The molecule has 0 aliphatic carbocycles. The van der Waals surface area contributed by atoms with E-state index in [4.69, 9.17) is 23.2 Å². The van der Waals surface area contributed by atoms with Gasteiger partial charge in [0.25, 0.3) is 0 Å². The standard InChI is InChI=1S/C22H22O16S/c1-34-20-11(38-39(31,32)33)5-10-13(15(20)27)16(28)21(19(35-10)7-2-3-8(24)9(25)4-7)37-22-18(30)17(29)14(26)12(6-23)36-22/h2-5,12,14,17-18,22-27,29-30H,6H2,1H3,(H,31,32,33). The van der Waals surface area contributed by atoms with E-state index >= 15 is 0 Å². The van der Waals surface area contributed by atoms with Crippen molar-refractivity contribution in [1.29, 1.82) is 0 Å². The Balaban J connectivity index is 1.99. The zero-order valence-corrected chi connectivity index (χ0v) is 20.5. The second-order valence-electron chi connectivity index (χ2n) is 8.25. The number of fused-ring (bicyclic) bond motifs is 1. The van der Waals surface area contributed by atoms with Crippen LogP contribution in [-0.2, 0) is 15.1 Å². The molecule has 0 spiro atoms. The van der Waals surface area contributed by atoms with Crippen molar-refractivity contribution < 1.29 is 71.5 Å². The second-order valence-corrected chi connectivity index (χ2v) is 9.27. The summed E-state index contributed by atoms with van der Waals surface area (Å²) in [6.07, 6.45) is -8.91. The summed E-state index contributed by atoms with van der Waals surface area (Å²) < 4.78 is 57.4. The smallest absolute Gasteiger partial charge is 0.446 e. The number of hydrogen-bond acceptors (Lipinski definition) is 15. The molecule has 0 amide bonds. The molecule has 1 saturated heterocycles. The molecule has 0 radical (unpaired) electrons. The maximum absolute atomic E-state index is 13.6. The lowest BCUT2D eigenvalue weighted by atomic mass is 9.99. The van der Waals surface area contributed by atoms with Crippen molar-refractivity contribution in [3.8, 4) is 45.8 Å². The van der Waals surface area contributed by atoms with Gasteiger partial charge in [0.15, 0.2) is 28.8 Å². The molecular formula is C22H22O16S. The van der Waals surface area contributed by atoms with Crippen LogP contribution in [0.25, 0.3) is 22.3 Å². The Hall–Kier alpha value is -3.84. The highest BCUT2D eigenvalue weighted by Gasteiger charge is 2.45. The van der Waals surface area contributed by atoms with Crippen molar-refractivity contribution in [2.24, 2.45) is 0 Å². The van der Waals surface area contributed by atoms with Gasteiger partial charge in [-0.3, -0.25) is 9.35 Å². The van der Waals surface area contributed by atoms with Gasteiger partial charge in [-0.25, -0.2) is 0 Å². The van der Waals surface area contributed by atoms with Crippen LogP contribution in [0, 0.1) is 0 Å². The van der Waals surface area contributed by atoms with Gasteiger partial charge in [0, 0.05) is 11.6 Å². The summed E-state index contributed by atoms with van der Waals surface area (Å²) in [6.45, 7) is -0.815. The third-order valence-corrected chi connectivity index (χ3v) is 6.15. The molecule has 2 aromatic carbocycles. The van der Waals surface area contributed by atoms with E-state index < -0.39 is 104 Å². The Morgan fingerprint density at radius 3 is 2.26 bits per heavy atom. The molecule has 16 nitrogen and oxygen atoms in total. The number of benzene rings is 2. The van der Waals surface area contributed by atoms with Crippen molar-refractivity contribution in [1.82, 2.24) is 0 Å². The lowest BCUT2D eigenvalue weighted by Gasteiger charge is -2.39. The maximum Gasteiger partial charge on any atom is 0.446 e. The predicted octanol–water partition coefficient (Wildman–Crippen LogP) is -1.05. The first-order chi connectivity index (χ1) is 18.3. The molecule has 5 atom stereocenters. The third-order valence-electron chi connectivity index (χ3n) is 5.76. The highest BCUT2D eigenvalue weighted by atomic mass is 32.3. The van der Waals surface area contributed by atoms with E-state index in [0.717, 1.165) is 31.4 Å². The van der Waals surface area contributed by atoms with Gasteiger partial charge in [-0.05, 0) is 18.2 Å². The van der Waals surface area contributed by atoms with Crippen LogP contribution in [-0.4, -0.2) is 93.1 Å². The van der Waals surface area contributed by atoms with Gasteiger partial charge in [-0.15, -0.1) is 0 Å². The number of aromatic hydroxyl groups is 3. The first-order valence-electron chi connectivity index (χ1n) is 10.8. The fourth-order valence-electron chi connectivity index (χ4n) is 3.89. The molecule has 8 N–H and O–H groups in total. The van der Waals surface area contributed by atoms with E-state index in [1.54, 1.807) is 0 Å². The highest BCUT2D eigenvalue weighted by molar-refractivity contribution is 7.81. The van der Waals surface area contributed by atoms with Gasteiger partial charge in [0.2, 0.25) is 23.2 Å². The number of ether oxygens (including phenoxy) is 3. The predicted molar refractivity (Wildman–Crippen MR) is 126 cm³/mol. The minimum absolute atomic E-state index is 0.128. The molecule has 0 saturated carbocycles. The van der Waals surface area contributed by atoms with E-state index in [-0.39, 0.29) is 5.56 Å². The Bertz CT molecular complexity index is 1560. The molecule has 1 fully saturated rings. The maximum atomic E-state index is 13.6. The van der Waals surface area contributed by atoms with Gasteiger partial charge in [0.05, 0.1) is 13.7 Å². The van der Waals surface area contributed by atoms with Gasteiger partial charge in [-0.1, -0.05) is 0 Å². The Morgan fingerprint density at radius 1 is 0.974 bits per heavy atom. The zero-order chi connectivity index (χ0) is 28.8. The summed E-state index contributed by atoms with van der Waals surface area (Å²) in [7, 11) is -4.15. The van der Waals surface area contributed by atoms with E-state index in [9.17, 15) is 49.0 Å². The van der Waals surface area contributed by atoms with Crippen LogP contribution in [0.1, 0.15) is 0 Å². The minimum atomic E-state index is -5.13. The first-order valence-corrected chi connectivity index (χ1v) is 12.2. The van der Waals surface area contributed by atoms with Crippen molar-refractivity contribution in [2.45, 2.75) is 30.7 Å². The molecule has 4 rings (SSSR count). The minimum Gasteiger partial charge on any atom is -0.504 e. The molecule has 1 aliphatic rings. The average Bonchev–Trinajstić information content (AvgIpc) is 2.86. The Morgan fingerprint density at radius 2 is 1.67 bits per heavy atom. The zero-order valence-electron chi connectivity index (χ0n) is 19.7. The summed E-state index contributed by atoms with van der Waals surface area (Å²) in [5.74, 6) is -5.04. The fourth-order valence-corrected chi connectivity index (χ4v) is 4.24. The molecular weight excluding hydrogens is 552 g/mol. The topological polar surface area (TPSA) is 263 Å². The Kier molecular flexibility index (Phi) is 7.50. The summed E-state index contributed by atoms with van der Waals surface area (Å²) in [4.78, 5) is 13.6. The summed E-state index contributed by atoms with van der Waals surface area (Å²) >= 11 is 0. The van der Waals surface area contributed by atoms with E-state index in [1.807, 2.05) is 0 Å². The Labute approximate surface area is 218 Å². The number of rotatable bonds is 7. The van der Waals surface area contributed by atoms with Crippen LogP contribution in [0.2, 0.25) is 0 Å². The van der Waals surface area contributed by atoms with Crippen LogP contribution in [0.4, 0.5) is 0 Å². The molecule has 1 aromatic heterocycles. The van der Waals surface area contributed by atoms with Crippen molar-refractivity contribution in [3.05, 3.63) is 34.5 Å². The number of methoxy groups -OCH3 is 1. The number of aliphatic hydroxyl groups excluding tert-OH is 4. The lowest BCUT2D eigenvalue weighted by Crippen LogP contribution is -2.60. The van der Waals surface area contributed by atoms with E-state index in [1.165, 1.54) is 0 Å². The van der Waals surface area contributed by atoms with Gasteiger partial charge < -0.3 is 58.6 Å². The molecule has 1 aliphatic heterocycles. The van der Waals surface area contributed by atoms with E-state index in [2.05, 4.69) is 4.18 Å². The number of phenolic OH excluding ortho intramolecular Hbond substituents is 3. The van der Waals surface area contributed by atoms with Gasteiger partial charge in [0.1, 0.15) is 35.4 Å². The van der Waals surface area contributed by atoms with Crippen molar-refractivity contribution >= 4 is 21.4 Å². The van der Waals surface area contributed by atoms with Crippen molar-refractivity contribution in [2.75, 3.05) is 13.7 Å². The summed E-state index contributed by atoms with van der Waals surface area (Å²) in [5.41, 5.74) is -1.85. The number of hydrogen-bond donors (Lipinski definition) is 8. The van der Waals surface area contributed by atoms with Crippen LogP contribution in [0.5, 0.6) is 34.5 Å². The van der Waals surface area contributed by atoms with Crippen LogP contribution in [0.15, 0.2) is 33.5 Å². The molecule has 39 heavy (non-hydrogen) atoms. The molecule has 0 bridgehead atoms. The average molecular weight is 574 g/mol. The summed E-state index contributed by atoms with van der Waals surface area (Å²) in [6, 6.07) is 3.91. The van der Waals surface area contributed by atoms with E-state index in [0.29, 0.717) is 0 Å². The molecule has 212 valence electrons. The highest BCUT2D eigenvalue weighted by Crippen LogP contribution is 2.45. The normalized spacial score (nSPS) is 23.5. The largest absolute Gasteiger partial charge is 0.504 e. The summed E-state index contributed by atoms with van der Waals surface area (Å²) in [5, 5.41) is 69.7. The number of phenols is 3. The van der Waals surface area contributed by atoms with Gasteiger partial charge in [-0.2, -0.15) is 8.42 Å². The molecule has 5 unspecified atom stereocenters. The van der Waals surface area contributed by atoms with Crippen LogP contribution >= 0.6 is 0 Å². The first kappa shape index (κ1) is 28.2. The molecule has 3 aromatic rings. The second kappa shape index (κ2) is 10.4. The molecule has 17 heteroatoms. The fraction of sp³-hybridized carbons (Fsp3) is 0.318. The quantitative estimate of drug-likeness (QED) is 0.123. The molecule has 2 heterocycles.